The zero-order valence-electron chi connectivity index (χ0n) is 14.3. The number of benzene rings is 2. The zero-order chi connectivity index (χ0) is 18.7. The molecule has 2 aromatic carbocycles. The summed E-state index contributed by atoms with van der Waals surface area (Å²) in [4.78, 5) is 22.9. The summed E-state index contributed by atoms with van der Waals surface area (Å²) in [6, 6.07) is 13.2. The normalized spacial score (nSPS) is 16.0. The maximum atomic E-state index is 12.0. The SMILES string of the molecule is CCOc1ccccc1C1=NN(C(C)=O)[C@@H](c2ccccc2[N+](=O)[O-])O1. The summed E-state index contributed by atoms with van der Waals surface area (Å²) >= 11 is 0. The van der Waals surface area contributed by atoms with E-state index in [4.69, 9.17) is 9.47 Å². The summed E-state index contributed by atoms with van der Waals surface area (Å²) in [5.41, 5.74) is 0.681. The lowest BCUT2D eigenvalue weighted by molar-refractivity contribution is -0.386. The van der Waals surface area contributed by atoms with Crippen LogP contribution in [0.1, 0.15) is 31.2 Å². The molecule has 0 radical (unpaired) electrons. The second kappa shape index (κ2) is 7.22. The minimum absolute atomic E-state index is 0.140. The highest BCUT2D eigenvalue weighted by Crippen LogP contribution is 2.36. The number of rotatable bonds is 5. The average molecular weight is 355 g/mol. The Hall–Kier alpha value is -3.42. The Morgan fingerprint density at radius 3 is 2.65 bits per heavy atom. The van der Waals surface area contributed by atoms with Gasteiger partial charge in [-0.15, -0.1) is 5.10 Å². The summed E-state index contributed by atoms with van der Waals surface area (Å²) in [6.45, 7) is 3.63. The second-order valence-electron chi connectivity index (χ2n) is 5.48. The van der Waals surface area contributed by atoms with Gasteiger partial charge in [0.1, 0.15) is 5.75 Å². The number of carbonyl (C=O) groups is 1. The van der Waals surface area contributed by atoms with Gasteiger partial charge < -0.3 is 9.47 Å². The van der Waals surface area contributed by atoms with Crippen molar-refractivity contribution in [2.45, 2.75) is 20.1 Å². The molecule has 0 saturated heterocycles. The molecule has 134 valence electrons. The van der Waals surface area contributed by atoms with E-state index in [1.165, 1.54) is 13.0 Å². The third-order valence-electron chi connectivity index (χ3n) is 3.78. The number of amides is 1. The van der Waals surface area contributed by atoms with Crippen LogP contribution < -0.4 is 4.74 Å². The molecule has 0 fully saturated rings. The largest absolute Gasteiger partial charge is 0.493 e. The molecule has 2 aromatic rings. The van der Waals surface area contributed by atoms with Crippen molar-refractivity contribution < 1.29 is 19.2 Å². The maximum Gasteiger partial charge on any atom is 0.278 e. The molecule has 0 unspecified atom stereocenters. The van der Waals surface area contributed by atoms with E-state index >= 15 is 0 Å². The molecule has 1 amide bonds. The van der Waals surface area contributed by atoms with Crippen molar-refractivity contribution in [1.29, 1.82) is 0 Å². The fourth-order valence-corrected chi connectivity index (χ4v) is 2.66. The molecule has 1 aliphatic rings. The zero-order valence-corrected chi connectivity index (χ0v) is 14.3. The molecule has 3 rings (SSSR count). The molecule has 0 bridgehead atoms. The Labute approximate surface area is 149 Å². The topological polar surface area (TPSA) is 94.3 Å². The van der Waals surface area contributed by atoms with E-state index in [1.807, 2.05) is 13.0 Å². The van der Waals surface area contributed by atoms with Gasteiger partial charge in [0.05, 0.1) is 22.7 Å². The van der Waals surface area contributed by atoms with Crippen molar-refractivity contribution in [1.82, 2.24) is 5.01 Å². The number of hydrogen-bond donors (Lipinski definition) is 0. The summed E-state index contributed by atoms with van der Waals surface area (Å²) in [5, 5.41) is 16.7. The van der Waals surface area contributed by atoms with E-state index in [2.05, 4.69) is 5.10 Å². The third-order valence-corrected chi connectivity index (χ3v) is 3.78. The number of ether oxygens (including phenoxy) is 2. The predicted octanol–water partition coefficient (Wildman–Crippen LogP) is 3.23. The summed E-state index contributed by atoms with van der Waals surface area (Å²) < 4.78 is 11.4. The molecule has 0 spiro atoms. The average Bonchev–Trinajstić information content (AvgIpc) is 3.08. The molecular weight excluding hydrogens is 338 g/mol. The van der Waals surface area contributed by atoms with Crippen LogP contribution in [-0.4, -0.2) is 28.3 Å². The molecule has 0 aliphatic carbocycles. The van der Waals surface area contributed by atoms with Crippen LogP contribution in [0.15, 0.2) is 53.6 Å². The molecule has 8 nitrogen and oxygen atoms in total. The van der Waals surface area contributed by atoms with Gasteiger partial charge in [0.2, 0.25) is 18.0 Å². The fraction of sp³-hybridized carbons (Fsp3) is 0.222. The Balaban J connectivity index is 2.03. The van der Waals surface area contributed by atoms with E-state index in [9.17, 15) is 14.9 Å². The number of para-hydroxylation sites is 2. The van der Waals surface area contributed by atoms with Gasteiger partial charge in [0, 0.05) is 13.0 Å². The third kappa shape index (κ3) is 3.21. The maximum absolute atomic E-state index is 12.0. The molecule has 26 heavy (non-hydrogen) atoms. The van der Waals surface area contributed by atoms with Gasteiger partial charge in [0.25, 0.3) is 5.69 Å². The summed E-state index contributed by atoms with van der Waals surface area (Å²) in [6.07, 6.45) is -1.02. The quantitative estimate of drug-likeness (QED) is 0.606. The van der Waals surface area contributed by atoms with Crippen molar-refractivity contribution >= 4 is 17.5 Å². The minimum Gasteiger partial charge on any atom is -0.493 e. The van der Waals surface area contributed by atoms with Crippen LogP contribution in [0.2, 0.25) is 0 Å². The van der Waals surface area contributed by atoms with Crippen LogP contribution in [0, 0.1) is 10.1 Å². The minimum atomic E-state index is -1.02. The number of carbonyl (C=O) groups excluding carboxylic acids is 1. The van der Waals surface area contributed by atoms with Gasteiger partial charge in [-0.25, -0.2) is 0 Å². The van der Waals surface area contributed by atoms with Crippen molar-refractivity contribution in [2.24, 2.45) is 5.10 Å². The molecule has 0 saturated carbocycles. The van der Waals surface area contributed by atoms with Crippen LogP contribution in [-0.2, 0) is 9.53 Å². The van der Waals surface area contributed by atoms with Crippen LogP contribution in [0.3, 0.4) is 0 Å². The molecule has 8 heteroatoms. The molecule has 1 atom stereocenters. The van der Waals surface area contributed by atoms with Crippen molar-refractivity contribution in [3.8, 4) is 5.75 Å². The number of nitro benzene ring substituents is 1. The van der Waals surface area contributed by atoms with E-state index < -0.39 is 17.1 Å². The molecule has 1 heterocycles. The Bertz CT molecular complexity index is 881. The lowest BCUT2D eigenvalue weighted by Gasteiger charge is -2.19. The van der Waals surface area contributed by atoms with Crippen LogP contribution >= 0.6 is 0 Å². The van der Waals surface area contributed by atoms with Crippen molar-refractivity contribution in [3.05, 3.63) is 69.8 Å². The second-order valence-corrected chi connectivity index (χ2v) is 5.48. The van der Waals surface area contributed by atoms with Gasteiger partial charge in [-0.05, 0) is 25.1 Å². The lowest BCUT2D eigenvalue weighted by atomic mass is 10.1. The lowest BCUT2D eigenvalue weighted by Crippen LogP contribution is -2.25. The highest BCUT2D eigenvalue weighted by atomic mass is 16.6. The predicted molar refractivity (Wildman–Crippen MR) is 93.6 cm³/mol. The van der Waals surface area contributed by atoms with E-state index in [-0.39, 0.29) is 17.1 Å². The first-order chi connectivity index (χ1) is 12.5. The van der Waals surface area contributed by atoms with Gasteiger partial charge >= 0.3 is 0 Å². The van der Waals surface area contributed by atoms with E-state index in [1.54, 1.807) is 36.4 Å². The standard InChI is InChI=1S/C18H17N3O5/c1-3-25-16-11-7-5-9-14(16)17-19-20(12(2)22)18(26-17)13-8-4-6-10-15(13)21(23)24/h4-11,18H,3H2,1-2H3/t18-/m1/s1. The summed E-state index contributed by atoms with van der Waals surface area (Å²) in [7, 11) is 0. The van der Waals surface area contributed by atoms with Gasteiger partial charge in [-0.2, -0.15) is 5.01 Å². The first-order valence-electron chi connectivity index (χ1n) is 8.03. The van der Waals surface area contributed by atoms with Crippen LogP contribution in [0.4, 0.5) is 5.69 Å². The van der Waals surface area contributed by atoms with Crippen LogP contribution in [0.5, 0.6) is 5.75 Å². The first-order valence-corrected chi connectivity index (χ1v) is 8.03. The molecular formula is C18H17N3O5. The highest BCUT2D eigenvalue weighted by Gasteiger charge is 2.37. The van der Waals surface area contributed by atoms with Gasteiger partial charge in [-0.3, -0.25) is 14.9 Å². The fourth-order valence-electron chi connectivity index (χ4n) is 2.66. The molecule has 0 N–H and O–H groups in total. The van der Waals surface area contributed by atoms with E-state index in [0.29, 0.717) is 17.9 Å². The van der Waals surface area contributed by atoms with Gasteiger partial charge in [-0.1, -0.05) is 24.3 Å². The Kier molecular flexibility index (Phi) is 4.83. The Morgan fingerprint density at radius 2 is 1.96 bits per heavy atom. The van der Waals surface area contributed by atoms with Crippen molar-refractivity contribution in [3.63, 3.8) is 0 Å². The van der Waals surface area contributed by atoms with Crippen molar-refractivity contribution in [2.75, 3.05) is 6.61 Å². The number of hydrazone groups is 1. The smallest absolute Gasteiger partial charge is 0.278 e. The number of nitro groups is 1. The number of hydrogen-bond acceptors (Lipinski definition) is 6. The van der Waals surface area contributed by atoms with Gasteiger partial charge in [0.15, 0.2) is 0 Å². The van der Waals surface area contributed by atoms with Crippen LogP contribution in [0.25, 0.3) is 0 Å². The highest BCUT2D eigenvalue weighted by molar-refractivity contribution is 5.98. The first kappa shape index (κ1) is 17.4. The monoisotopic (exact) mass is 355 g/mol. The molecule has 1 aliphatic heterocycles. The van der Waals surface area contributed by atoms with E-state index in [0.717, 1.165) is 5.01 Å². The molecule has 0 aromatic heterocycles. The summed E-state index contributed by atoms with van der Waals surface area (Å²) in [5.74, 6) is 0.338. The number of nitrogens with zero attached hydrogens (tertiary/aromatic N) is 3. The Morgan fingerprint density at radius 1 is 1.27 bits per heavy atom.